The zero-order chi connectivity index (χ0) is 22.7. The summed E-state index contributed by atoms with van der Waals surface area (Å²) in [5.41, 5.74) is 1.38. The summed E-state index contributed by atoms with van der Waals surface area (Å²) >= 11 is 6.09. The minimum absolute atomic E-state index is 0.00230. The average molecular weight is 463 g/mol. The van der Waals surface area contributed by atoms with Crippen molar-refractivity contribution < 1.29 is 23.8 Å². The molecule has 1 saturated heterocycles. The zero-order valence-corrected chi connectivity index (χ0v) is 18.8. The second-order valence-corrected chi connectivity index (χ2v) is 9.06. The Morgan fingerprint density at radius 3 is 2.81 bits per heavy atom. The molecule has 1 fully saturated rings. The molecule has 2 N–H and O–H groups in total. The fraction of sp³-hybridized carbons (Fsp3) is 0.458. The summed E-state index contributed by atoms with van der Waals surface area (Å²) in [6.45, 7) is 3.46. The van der Waals surface area contributed by atoms with Crippen LogP contribution in [0.25, 0.3) is 0 Å². The van der Waals surface area contributed by atoms with Crippen molar-refractivity contribution in [2.24, 2.45) is 0 Å². The number of aryl methyl sites for hydroxylation is 1. The minimum atomic E-state index is -0.743. The number of hydrogen-bond acceptors (Lipinski definition) is 5. The summed E-state index contributed by atoms with van der Waals surface area (Å²) in [5, 5.41) is 13.8. The lowest BCUT2D eigenvalue weighted by atomic mass is 9.83. The van der Waals surface area contributed by atoms with Gasteiger partial charge in [-0.3, -0.25) is 4.79 Å². The Hall–Kier alpha value is -2.35. The van der Waals surface area contributed by atoms with Crippen molar-refractivity contribution in [2.45, 2.75) is 44.3 Å². The molecule has 0 aromatic heterocycles. The maximum atomic E-state index is 13.6. The molecule has 2 aliphatic heterocycles. The molecule has 0 radical (unpaired) electrons. The first kappa shape index (κ1) is 22.8. The van der Waals surface area contributed by atoms with Crippen LogP contribution in [0.4, 0.5) is 10.1 Å². The Bertz CT molecular complexity index is 978. The summed E-state index contributed by atoms with van der Waals surface area (Å²) in [6, 6.07) is 9.69. The second kappa shape index (κ2) is 9.65. The van der Waals surface area contributed by atoms with Gasteiger partial charge in [0.1, 0.15) is 35.6 Å². The number of ether oxygens (including phenoxy) is 2. The molecule has 0 aliphatic carbocycles. The number of anilines is 1. The fourth-order valence-electron chi connectivity index (χ4n) is 4.43. The predicted molar refractivity (Wildman–Crippen MR) is 121 cm³/mol. The van der Waals surface area contributed by atoms with E-state index < -0.39 is 11.9 Å². The van der Waals surface area contributed by atoms with Gasteiger partial charge in [-0.25, -0.2) is 4.39 Å². The molecule has 0 saturated carbocycles. The molecule has 2 aromatic carbocycles. The highest BCUT2D eigenvalue weighted by molar-refractivity contribution is 6.30. The van der Waals surface area contributed by atoms with Gasteiger partial charge in [0, 0.05) is 37.6 Å². The van der Waals surface area contributed by atoms with Crippen molar-refractivity contribution in [3.63, 3.8) is 0 Å². The number of nitrogens with one attached hydrogen (secondary N) is 1. The molecule has 0 unspecified atom stereocenters. The molecule has 6 nitrogen and oxygen atoms in total. The van der Waals surface area contributed by atoms with E-state index in [-0.39, 0.29) is 23.9 Å². The quantitative estimate of drug-likeness (QED) is 0.678. The number of nitrogens with zero attached hydrogens (tertiary/aromatic N) is 1. The highest BCUT2D eigenvalue weighted by Gasteiger charge is 2.39. The van der Waals surface area contributed by atoms with Crippen molar-refractivity contribution in [3.8, 4) is 11.5 Å². The van der Waals surface area contributed by atoms with E-state index in [9.17, 15) is 14.3 Å². The number of hydrogen-bond donors (Lipinski definition) is 2. The van der Waals surface area contributed by atoms with E-state index in [0.717, 1.165) is 55.1 Å². The van der Waals surface area contributed by atoms with Gasteiger partial charge in [-0.2, -0.15) is 0 Å². The van der Waals surface area contributed by atoms with Crippen LogP contribution in [-0.4, -0.2) is 53.9 Å². The van der Waals surface area contributed by atoms with Gasteiger partial charge >= 0.3 is 0 Å². The zero-order valence-electron chi connectivity index (χ0n) is 18.1. The second-order valence-electron chi connectivity index (χ2n) is 8.62. The number of β-amino-alcohol motifs (C(OH)–C–C–N with tert-alkyl or cyclic N) is 1. The number of fused-ring (bicyclic) bond motifs is 1. The first-order valence-corrected chi connectivity index (χ1v) is 11.3. The van der Waals surface area contributed by atoms with Gasteiger partial charge in [0.15, 0.2) is 0 Å². The molecular weight excluding hydrogens is 435 g/mol. The van der Waals surface area contributed by atoms with E-state index in [1.165, 1.54) is 25.1 Å². The molecule has 172 valence electrons. The Labute approximate surface area is 192 Å². The Morgan fingerprint density at radius 2 is 2.06 bits per heavy atom. The van der Waals surface area contributed by atoms with Crippen LogP contribution in [0.3, 0.4) is 0 Å². The van der Waals surface area contributed by atoms with Crippen LogP contribution < -0.4 is 14.8 Å². The Morgan fingerprint density at radius 1 is 1.28 bits per heavy atom. The molecule has 2 heterocycles. The molecule has 1 amide bonds. The van der Waals surface area contributed by atoms with E-state index in [1.54, 1.807) is 0 Å². The minimum Gasteiger partial charge on any atom is -0.489 e. The number of rotatable bonds is 6. The monoisotopic (exact) mass is 462 g/mol. The number of halogens is 2. The summed E-state index contributed by atoms with van der Waals surface area (Å²) < 4.78 is 25.6. The largest absolute Gasteiger partial charge is 0.489 e. The van der Waals surface area contributed by atoms with Gasteiger partial charge in [0.05, 0.1) is 5.69 Å². The molecule has 4 rings (SSSR count). The van der Waals surface area contributed by atoms with Crippen LogP contribution in [0.15, 0.2) is 36.4 Å². The van der Waals surface area contributed by atoms with E-state index in [1.807, 2.05) is 18.2 Å². The molecule has 0 bridgehead atoms. The van der Waals surface area contributed by atoms with Gasteiger partial charge < -0.3 is 24.8 Å². The van der Waals surface area contributed by atoms with Crippen LogP contribution in [0.1, 0.15) is 31.7 Å². The lowest BCUT2D eigenvalue weighted by Gasteiger charge is -2.45. The predicted octanol–water partition coefficient (Wildman–Crippen LogP) is 4.04. The van der Waals surface area contributed by atoms with E-state index in [0.29, 0.717) is 12.2 Å². The van der Waals surface area contributed by atoms with Crippen molar-refractivity contribution >= 4 is 23.2 Å². The first-order valence-electron chi connectivity index (χ1n) is 10.9. The van der Waals surface area contributed by atoms with Crippen molar-refractivity contribution in [1.82, 2.24) is 4.90 Å². The third-order valence-corrected chi connectivity index (χ3v) is 6.36. The molecule has 2 aliphatic rings. The molecule has 1 spiro atoms. The Balaban J connectivity index is 1.27. The van der Waals surface area contributed by atoms with Gasteiger partial charge in [0.25, 0.3) is 0 Å². The normalized spacial score (nSPS) is 18.5. The summed E-state index contributed by atoms with van der Waals surface area (Å²) in [5.74, 6) is 0.375. The number of benzene rings is 2. The van der Waals surface area contributed by atoms with E-state index in [2.05, 4.69) is 10.2 Å². The lowest BCUT2D eigenvalue weighted by Crippen LogP contribution is -2.51. The summed E-state index contributed by atoms with van der Waals surface area (Å²) in [6.07, 6.45) is 2.95. The maximum Gasteiger partial charge on any atom is 0.221 e. The Kier molecular flexibility index (Phi) is 6.88. The first-order chi connectivity index (χ1) is 15.3. The highest BCUT2D eigenvalue weighted by Crippen LogP contribution is 2.40. The molecule has 2 aromatic rings. The lowest BCUT2D eigenvalue weighted by molar-refractivity contribution is -0.114. The number of carbonyl (C=O) groups is 1. The van der Waals surface area contributed by atoms with E-state index in [4.69, 9.17) is 21.1 Å². The smallest absolute Gasteiger partial charge is 0.221 e. The third-order valence-electron chi connectivity index (χ3n) is 6.12. The number of aliphatic hydroxyl groups excluding tert-OH is 1. The molecule has 32 heavy (non-hydrogen) atoms. The fourth-order valence-corrected chi connectivity index (χ4v) is 4.62. The maximum absolute atomic E-state index is 13.6. The van der Waals surface area contributed by atoms with Crippen molar-refractivity contribution in [1.29, 1.82) is 0 Å². The van der Waals surface area contributed by atoms with E-state index >= 15 is 0 Å². The molecule has 1 atom stereocenters. The standard InChI is InChI=1S/C24H28ClFN2O4/c1-16(29)27-21-4-3-19(26)13-23(21)31-15-20(30)14-28-10-8-24(9-11-28)7-6-17-12-18(25)2-5-22(17)32-24/h2-5,12-13,20,30H,6-11,14-15H2,1H3,(H,27,29)/t20-/m1/s1. The highest BCUT2D eigenvalue weighted by atomic mass is 35.5. The topological polar surface area (TPSA) is 71.0 Å². The van der Waals surface area contributed by atoms with Crippen LogP contribution in [0, 0.1) is 5.82 Å². The third kappa shape index (κ3) is 5.52. The SMILES string of the molecule is CC(=O)Nc1ccc(F)cc1OC[C@H](O)CN1CCC2(CCc3cc(Cl)ccc3O2)CC1. The number of aliphatic hydroxyl groups is 1. The number of piperidine rings is 1. The van der Waals surface area contributed by atoms with Crippen LogP contribution >= 0.6 is 11.6 Å². The van der Waals surface area contributed by atoms with Gasteiger partial charge in [-0.05, 0) is 61.6 Å². The van der Waals surface area contributed by atoms with Gasteiger partial charge in [0.2, 0.25) is 5.91 Å². The summed E-state index contributed by atoms with van der Waals surface area (Å²) in [7, 11) is 0. The van der Waals surface area contributed by atoms with Gasteiger partial charge in [-0.1, -0.05) is 11.6 Å². The molecular formula is C24H28ClFN2O4. The van der Waals surface area contributed by atoms with Gasteiger partial charge in [-0.15, -0.1) is 0 Å². The average Bonchev–Trinajstić information content (AvgIpc) is 2.76. The van der Waals surface area contributed by atoms with Crippen LogP contribution in [0.2, 0.25) is 5.02 Å². The number of carbonyl (C=O) groups excluding carboxylic acids is 1. The molecule has 8 heteroatoms. The summed E-state index contributed by atoms with van der Waals surface area (Å²) in [4.78, 5) is 13.5. The number of amides is 1. The van der Waals surface area contributed by atoms with Crippen LogP contribution in [0.5, 0.6) is 11.5 Å². The van der Waals surface area contributed by atoms with Crippen molar-refractivity contribution in [2.75, 3.05) is 31.6 Å². The van der Waals surface area contributed by atoms with Crippen molar-refractivity contribution in [3.05, 3.63) is 52.8 Å². The number of likely N-dealkylation sites (tertiary alicyclic amines) is 1. The van der Waals surface area contributed by atoms with Crippen LogP contribution in [-0.2, 0) is 11.2 Å².